The molecule has 0 unspecified atom stereocenters. The summed E-state index contributed by atoms with van der Waals surface area (Å²) >= 11 is 1.26. The number of anilines is 1. The molecule has 8 heteroatoms. The van der Waals surface area contributed by atoms with Crippen molar-refractivity contribution < 1.29 is 9.18 Å². The highest BCUT2D eigenvalue weighted by Crippen LogP contribution is 2.28. The number of benzene rings is 1. The number of rotatable bonds is 6. The van der Waals surface area contributed by atoms with Gasteiger partial charge in [-0.05, 0) is 61.6 Å². The molecule has 0 spiro atoms. The number of aromatic nitrogens is 3. The first kappa shape index (κ1) is 20.3. The number of halogens is 1. The third-order valence-corrected chi connectivity index (χ3v) is 6.01. The molecule has 0 atom stereocenters. The highest BCUT2D eigenvalue weighted by atomic mass is 32.2. The van der Waals surface area contributed by atoms with E-state index in [4.69, 9.17) is 0 Å². The monoisotopic (exact) mass is 424 g/mol. The molecule has 2 heterocycles. The van der Waals surface area contributed by atoms with E-state index in [0.717, 1.165) is 42.5 Å². The lowest BCUT2D eigenvalue weighted by molar-refractivity contribution is -0.113. The Morgan fingerprint density at radius 3 is 2.77 bits per heavy atom. The van der Waals surface area contributed by atoms with E-state index < -0.39 is 5.82 Å². The molecular weight excluding hydrogens is 403 g/mol. The van der Waals surface area contributed by atoms with Crippen molar-refractivity contribution in [1.82, 2.24) is 14.5 Å². The molecule has 1 aromatic carbocycles. The zero-order valence-electron chi connectivity index (χ0n) is 16.3. The number of amides is 1. The van der Waals surface area contributed by atoms with Gasteiger partial charge in [0.15, 0.2) is 0 Å². The highest BCUT2D eigenvalue weighted by Gasteiger charge is 2.21. The Morgan fingerprint density at radius 2 is 1.97 bits per heavy atom. The fraction of sp³-hybridized carbons (Fsp3) is 0.273. The summed E-state index contributed by atoms with van der Waals surface area (Å²) in [5, 5.41) is 3.30. The molecule has 6 nitrogen and oxygen atoms in total. The van der Waals surface area contributed by atoms with Crippen LogP contribution in [0.3, 0.4) is 0 Å². The van der Waals surface area contributed by atoms with Gasteiger partial charge in [0.05, 0.1) is 12.3 Å². The maximum absolute atomic E-state index is 13.3. The van der Waals surface area contributed by atoms with Crippen LogP contribution in [0.25, 0.3) is 0 Å². The van der Waals surface area contributed by atoms with Crippen LogP contribution in [-0.4, -0.2) is 26.2 Å². The Labute approximate surface area is 177 Å². The second-order valence-corrected chi connectivity index (χ2v) is 8.08. The van der Waals surface area contributed by atoms with Crippen molar-refractivity contribution in [2.24, 2.45) is 0 Å². The van der Waals surface area contributed by atoms with Crippen LogP contribution in [0.4, 0.5) is 10.1 Å². The lowest BCUT2D eigenvalue weighted by atomic mass is 9.97. The number of nitrogens with zero attached hydrogens (tertiary/aromatic N) is 3. The average molecular weight is 425 g/mol. The van der Waals surface area contributed by atoms with Crippen molar-refractivity contribution in [1.29, 1.82) is 0 Å². The van der Waals surface area contributed by atoms with E-state index in [1.54, 1.807) is 29.1 Å². The van der Waals surface area contributed by atoms with E-state index >= 15 is 0 Å². The molecule has 1 amide bonds. The zero-order chi connectivity index (χ0) is 20.9. The summed E-state index contributed by atoms with van der Waals surface area (Å²) in [4.78, 5) is 33.4. The van der Waals surface area contributed by atoms with Gasteiger partial charge in [0.25, 0.3) is 0 Å². The topological polar surface area (TPSA) is 76.9 Å². The minimum absolute atomic E-state index is 0.101. The molecule has 1 aliphatic rings. The predicted molar refractivity (Wildman–Crippen MR) is 114 cm³/mol. The fourth-order valence-corrected chi connectivity index (χ4v) is 4.47. The van der Waals surface area contributed by atoms with E-state index in [2.05, 4.69) is 15.3 Å². The number of hydrogen-bond donors (Lipinski definition) is 1. The predicted octanol–water partition coefficient (Wildman–Crippen LogP) is 3.44. The molecule has 0 saturated carbocycles. The zero-order valence-corrected chi connectivity index (χ0v) is 17.1. The van der Waals surface area contributed by atoms with E-state index in [-0.39, 0.29) is 17.3 Å². The number of nitrogens with one attached hydrogen (secondary N) is 1. The van der Waals surface area contributed by atoms with Crippen LogP contribution in [0.2, 0.25) is 0 Å². The third-order valence-electron chi connectivity index (χ3n) is 4.99. The lowest BCUT2D eigenvalue weighted by Crippen LogP contribution is -2.30. The highest BCUT2D eigenvalue weighted by molar-refractivity contribution is 8.00. The SMILES string of the molecule is O=C(CSc1nc(=O)n(Cc2ccncc2)c2c1CCCC2)Nc1cccc(F)c1. The molecule has 30 heavy (non-hydrogen) atoms. The van der Waals surface area contributed by atoms with Crippen LogP contribution < -0.4 is 11.0 Å². The normalized spacial score (nSPS) is 13.0. The molecule has 0 radical (unpaired) electrons. The Bertz CT molecular complexity index is 1120. The van der Waals surface area contributed by atoms with Gasteiger partial charge in [-0.2, -0.15) is 4.98 Å². The van der Waals surface area contributed by atoms with Crippen molar-refractivity contribution in [3.05, 3.63) is 81.9 Å². The van der Waals surface area contributed by atoms with Crippen molar-refractivity contribution in [3.63, 3.8) is 0 Å². The Hall–Kier alpha value is -3.00. The summed E-state index contributed by atoms with van der Waals surface area (Å²) in [5.41, 5.74) is 3.16. The largest absolute Gasteiger partial charge is 0.349 e. The van der Waals surface area contributed by atoms with Gasteiger partial charge < -0.3 is 5.32 Å². The number of pyridine rings is 1. The molecule has 3 aromatic rings. The molecular formula is C22H21FN4O2S. The minimum Gasteiger partial charge on any atom is -0.325 e. The molecule has 0 fully saturated rings. The van der Waals surface area contributed by atoms with E-state index in [0.29, 0.717) is 17.3 Å². The molecule has 0 saturated heterocycles. The minimum atomic E-state index is -0.408. The van der Waals surface area contributed by atoms with Gasteiger partial charge in [-0.1, -0.05) is 17.8 Å². The van der Waals surface area contributed by atoms with E-state index in [1.807, 2.05) is 12.1 Å². The first-order valence-corrected chi connectivity index (χ1v) is 10.8. The van der Waals surface area contributed by atoms with Gasteiger partial charge in [0.2, 0.25) is 5.91 Å². The summed E-state index contributed by atoms with van der Waals surface area (Å²) in [6.07, 6.45) is 7.14. The van der Waals surface area contributed by atoms with Crippen LogP contribution in [0.1, 0.15) is 29.7 Å². The van der Waals surface area contributed by atoms with Gasteiger partial charge in [-0.15, -0.1) is 0 Å². The second-order valence-electron chi connectivity index (χ2n) is 7.12. The summed E-state index contributed by atoms with van der Waals surface area (Å²) in [6.45, 7) is 0.460. The Morgan fingerprint density at radius 1 is 1.17 bits per heavy atom. The number of fused-ring (bicyclic) bond motifs is 1. The molecule has 2 aromatic heterocycles. The second kappa shape index (κ2) is 9.21. The van der Waals surface area contributed by atoms with Crippen molar-refractivity contribution >= 4 is 23.4 Å². The van der Waals surface area contributed by atoms with Crippen LogP contribution in [0.15, 0.2) is 58.6 Å². The van der Waals surface area contributed by atoms with Crippen LogP contribution in [0, 0.1) is 5.82 Å². The van der Waals surface area contributed by atoms with Crippen LogP contribution in [0.5, 0.6) is 0 Å². The van der Waals surface area contributed by atoms with Crippen molar-refractivity contribution in [3.8, 4) is 0 Å². The molecule has 4 rings (SSSR count). The third kappa shape index (κ3) is 4.76. The molecule has 0 bridgehead atoms. The standard InChI is InChI=1S/C22H21FN4O2S/c23-16-4-3-5-17(12-16)25-20(28)14-30-21-18-6-1-2-7-19(18)27(22(29)26-21)13-15-8-10-24-11-9-15/h3-5,8-12H,1-2,6-7,13-14H2,(H,25,28). The van der Waals surface area contributed by atoms with Crippen LogP contribution >= 0.6 is 11.8 Å². The smallest absolute Gasteiger partial charge is 0.325 e. The summed E-state index contributed by atoms with van der Waals surface area (Å²) in [5.74, 6) is -0.573. The van der Waals surface area contributed by atoms with Crippen molar-refractivity contribution in [2.75, 3.05) is 11.1 Å². The fourth-order valence-electron chi connectivity index (χ4n) is 3.60. The summed E-state index contributed by atoms with van der Waals surface area (Å²) < 4.78 is 15.0. The maximum Gasteiger partial charge on any atom is 0.349 e. The number of thioether (sulfide) groups is 1. The Balaban J connectivity index is 1.53. The average Bonchev–Trinajstić information content (AvgIpc) is 2.75. The lowest BCUT2D eigenvalue weighted by Gasteiger charge is -2.22. The van der Waals surface area contributed by atoms with Gasteiger partial charge >= 0.3 is 5.69 Å². The summed E-state index contributed by atoms with van der Waals surface area (Å²) in [7, 11) is 0. The Kier molecular flexibility index (Phi) is 6.23. The first-order valence-electron chi connectivity index (χ1n) is 9.80. The number of carbonyl (C=O) groups is 1. The number of carbonyl (C=O) groups excluding carboxylic acids is 1. The molecule has 154 valence electrons. The van der Waals surface area contributed by atoms with Gasteiger partial charge in [-0.25, -0.2) is 9.18 Å². The number of hydrogen-bond acceptors (Lipinski definition) is 5. The quantitative estimate of drug-likeness (QED) is 0.485. The van der Waals surface area contributed by atoms with E-state index in [9.17, 15) is 14.0 Å². The van der Waals surface area contributed by atoms with Crippen molar-refractivity contribution in [2.45, 2.75) is 37.3 Å². The van der Waals surface area contributed by atoms with Gasteiger partial charge in [0.1, 0.15) is 10.8 Å². The summed E-state index contributed by atoms with van der Waals surface area (Å²) in [6, 6.07) is 9.54. The molecule has 1 aliphatic carbocycles. The van der Waals surface area contributed by atoms with Crippen LogP contribution in [-0.2, 0) is 24.2 Å². The first-order chi connectivity index (χ1) is 14.6. The molecule has 1 N–H and O–H groups in total. The van der Waals surface area contributed by atoms with Gasteiger partial charge in [0, 0.05) is 29.3 Å². The van der Waals surface area contributed by atoms with Gasteiger partial charge in [-0.3, -0.25) is 14.3 Å². The molecule has 0 aliphatic heterocycles. The van der Waals surface area contributed by atoms with E-state index in [1.165, 1.54) is 23.9 Å². The maximum atomic E-state index is 13.3.